The summed E-state index contributed by atoms with van der Waals surface area (Å²) < 4.78 is 0. The minimum Gasteiger partial charge on any atom is -0.324 e. The van der Waals surface area contributed by atoms with Gasteiger partial charge >= 0.3 is 0 Å². The zero-order chi connectivity index (χ0) is 13.4. The topological polar surface area (TPSA) is 56.0 Å². The molecule has 2 atom stereocenters. The van der Waals surface area contributed by atoms with Crippen LogP contribution >= 0.6 is 0 Å². The van der Waals surface area contributed by atoms with E-state index in [0.29, 0.717) is 6.42 Å². The molecule has 3 nitrogen and oxygen atoms in total. The summed E-state index contributed by atoms with van der Waals surface area (Å²) in [6, 6.07) is 9.66. The molecule has 1 heterocycles. The number of nitrogens with zero attached hydrogens (tertiary/aromatic N) is 1. The molecule has 1 aliphatic carbocycles. The summed E-state index contributed by atoms with van der Waals surface area (Å²) >= 11 is 0. The monoisotopic (exact) mass is 252 g/mol. The molecule has 2 aromatic rings. The van der Waals surface area contributed by atoms with Crippen molar-refractivity contribution >= 4 is 16.7 Å². The van der Waals surface area contributed by atoms with Gasteiger partial charge in [-0.3, -0.25) is 9.78 Å². The molecule has 96 valence electrons. The average Bonchev–Trinajstić information content (AvgIpc) is 2.84. The predicted molar refractivity (Wildman–Crippen MR) is 76.0 cm³/mol. The highest BCUT2D eigenvalue weighted by Gasteiger charge is 2.23. The van der Waals surface area contributed by atoms with Crippen LogP contribution in [0.1, 0.15) is 22.5 Å². The zero-order valence-electron chi connectivity index (χ0n) is 10.8. The van der Waals surface area contributed by atoms with Crippen LogP contribution in [-0.4, -0.2) is 16.8 Å². The average molecular weight is 252 g/mol. The summed E-state index contributed by atoms with van der Waals surface area (Å²) in [5.41, 5.74) is 8.45. The van der Waals surface area contributed by atoms with Crippen molar-refractivity contribution in [3.8, 4) is 0 Å². The lowest BCUT2D eigenvalue weighted by molar-refractivity contribution is 0.0943. The second kappa shape index (κ2) is 4.59. The molecular weight excluding hydrogens is 236 g/mol. The number of pyridine rings is 1. The number of carbonyl (C=O) groups excluding carboxylic acids is 1. The first-order valence-electron chi connectivity index (χ1n) is 6.49. The van der Waals surface area contributed by atoms with E-state index in [1.165, 1.54) is 0 Å². The first-order valence-corrected chi connectivity index (χ1v) is 6.49. The molecule has 19 heavy (non-hydrogen) atoms. The molecule has 1 aliphatic rings. The Balaban J connectivity index is 1.95. The van der Waals surface area contributed by atoms with Gasteiger partial charge in [0.1, 0.15) is 0 Å². The summed E-state index contributed by atoms with van der Waals surface area (Å²) in [6.07, 6.45) is 4.54. The van der Waals surface area contributed by atoms with E-state index in [1.807, 2.05) is 49.4 Å². The van der Waals surface area contributed by atoms with Gasteiger partial charge in [0.2, 0.25) is 0 Å². The van der Waals surface area contributed by atoms with E-state index in [-0.39, 0.29) is 17.7 Å². The number of allylic oxidation sites excluding steroid dienone is 1. The molecule has 0 saturated carbocycles. The summed E-state index contributed by atoms with van der Waals surface area (Å²) in [5.74, 6) is 0.0672. The fourth-order valence-electron chi connectivity index (χ4n) is 2.52. The third-order valence-corrected chi connectivity index (χ3v) is 3.57. The second-order valence-corrected chi connectivity index (χ2v) is 5.12. The van der Waals surface area contributed by atoms with Gasteiger partial charge in [0, 0.05) is 28.6 Å². The van der Waals surface area contributed by atoms with Crippen LogP contribution in [-0.2, 0) is 0 Å². The molecule has 0 bridgehead atoms. The van der Waals surface area contributed by atoms with Crippen molar-refractivity contribution < 1.29 is 4.79 Å². The van der Waals surface area contributed by atoms with E-state index >= 15 is 0 Å². The molecule has 3 heteroatoms. The lowest BCUT2D eigenvalue weighted by Gasteiger charge is -2.09. The number of rotatable bonds is 2. The number of benzene rings is 1. The molecule has 1 aromatic heterocycles. The van der Waals surface area contributed by atoms with Gasteiger partial charge in [0.15, 0.2) is 5.78 Å². The number of fused-ring (bicyclic) bond motifs is 1. The van der Waals surface area contributed by atoms with Crippen LogP contribution < -0.4 is 5.73 Å². The molecule has 0 spiro atoms. The van der Waals surface area contributed by atoms with Gasteiger partial charge in [-0.2, -0.15) is 0 Å². The minimum atomic E-state index is -0.0779. The number of nitrogens with two attached hydrogens (primary N) is 1. The van der Waals surface area contributed by atoms with Gasteiger partial charge < -0.3 is 5.73 Å². The minimum absolute atomic E-state index is 0.0127. The lowest BCUT2D eigenvalue weighted by Crippen LogP contribution is -2.19. The number of carbonyl (C=O) groups is 1. The molecule has 0 aliphatic heterocycles. The molecule has 1 aromatic carbocycles. The maximum atomic E-state index is 12.4. The van der Waals surface area contributed by atoms with Gasteiger partial charge in [-0.15, -0.1) is 0 Å². The van der Waals surface area contributed by atoms with Gasteiger partial charge in [0.05, 0.1) is 5.52 Å². The normalized spacial score (nSPS) is 22.0. The van der Waals surface area contributed by atoms with Crippen molar-refractivity contribution in [1.29, 1.82) is 0 Å². The van der Waals surface area contributed by atoms with Crippen LogP contribution in [0.25, 0.3) is 10.9 Å². The van der Waals surface area contributed by atoms with Crippen molar-refractivity contribution in [2.24, 2.45) is 11.7 Å². The summed E-state index contributed by atoms with van der Waals surface area (Å²) in [4.78, 5) is 16.8. The smallest absolute Gasteiger partial charge is 0.169 e. The van der Waals surface area contributed by atoms with E-state index in [9.17, 15) is 4.79 Å². The molecule has 2 unspecified atom stereocenters. The van der Waals surface area contributed by atoms with Crippen LogP contribution in [0.4, 0.5) is 0 Å². The number of ketones is 1. The van der Waals surface area contributed by atoms with Crippen LogP contribution in [0.3, 0.4) is 0 Å². The van der Waals surface area contributed by atoms with Crippen molar-refractivity contribution in [3.63, 3.8) is 0 Å². The summed E-state index contributed by atoms with van der Waals surface area (Å²) in [5, 5.41) is 1.00. The van der Waals surface area contributed by atoms with Crippen molar-refractivity contribution in [1.82, 2.24) is 4.98 Å². The molecule has 0 fully saturated rings. The fourth-order valence-corrected chi connectivity index (χ4v) is 2.52. The Kier molecular flexibility index (Phi) is 2.91. The van der Waals surface area contributed by atoms with E-state index in [1.54, 1.807) is 0 Å². The van der Waals surface area contributed by atoms with Crippen LogP contribution in [0.5, 0.6) is 0 Å². The third-order valence-electron chi connectivity index (χ3n) is 3.57. The highest BCUT2D eigenvalue weighted by molar-refractivity contribution is 6.02. The highest BCUT2D eigenvalue weighted by atomic mass is 16.1. The van der Waals surface area contributed by atoms with Gasteiger partial charge in [-0.1, -0.05) is 18.2 Å². The largest absolute Gasteiger partial charge is 0.324 e. The second-order valence-electron chi connectivity index (χ2n) is 5.12. The standard InChI is InChI=1S/C16H16N2O/c1-10-2-3-11-8-12(5-7-15(11)18-10)16(19)13-4-6-14(17)9-13/h2-8,13-14H,9,17H2,1H3. The molecular formula is C16H16N2O. The third kappa shape index (κ3) is 2.29. The predicted octanol–water partition coefficient (Wildman–Crippen LogP) is 2.63. The molecule has 0 radical (unpaired) electrons. The number of aryl methyl sites for hydroxylation is 1. The van der Waals surface area contributed by atoms with Crippen molar-refractivity contribution in [3.05, 3.63) is 53.7 Å². The Bertz CT molecular complexity index is 676. The van der Waals surface area contributed by atoms with E-state index < -0.39 is 0 Å². The Labute approximate surface area is 112 Å². The zero-order valence-corrected chi connectivity index (χ0v) is 10.8. The Morgan fingerprint density at radius 2 is 2.11 bits per heavy atom. The number of Topliss-reactive ketones (excluding diaryl/α,β-unsaturated/α-hetero) is 1. The first kappa shape index (κ1) is 12.1. The lowest BCUT2D eigenvalue weighted by atomic mass is 9.95. The van der Waals surface area contributed by atoms with Crippen LogP contribution in [0.2, 0.25) is 0 Å². The maximum Gasteiger partial charge on any atom is 0.169 e. The first-order chi connectivity index (χ1) is 9.13. The van der Waals surface area contributed by atoms with E-state index in [4.69, 9.17) is 5.73 Å². The number of hydrogen-bond donors (Lipinski definition) is 1. The van der Waals surface area contributed by atoms with Gasteiger partial charge in [-0.25, -0.2) is 0 Å². The summed E-state index contributed by atoms with van der Waals surface area (Å²) in [6.45, 7) is 1.96. The Hall–Kier alpha value is -2.00. The van der Waals surface area contributed by atoms with Crippen LogP contribution in [0.15, 0.2) is 42.5 Å². The molecule has 2 N–H and O–H groups in total. The molecule has 3 rings (SSSR count). The van der Waals surface area contributed by atoms with Crippen LogP contribution in [0, 0.1) is 12.8 Å². The maximum absolute atomic E-state index is 12.4. The number of aromatic nitrogens is 1. The van der Waals surface area contributed by atoms with Crippen molar-refractivity contribution in [2.75, 3.05) is 0 Å². The van der Waals surface area contributed by atoms with E-state index in [0.717, 1.165) is 22.2 Å². The SMILES string of the molecule is Cc1ccc2cc(C(=O)C3C=CC(N)C3)ccc2n1. The number of hydrogen-bond acceptors (Lipinski definition) is 3. The van der Waals surface area contributed by atoms with Crippen molar-refractivity contribution in [2.45, 2.75) is 19.4 Å². The Morgan fingerprint density at radius 3 is 2.84 bits per heavy atom. The van der Waals surface area contributed by atoms with Gasteiger partial charge in [-0.05, 0) is 37.6 Å². The quantitative estimate of drug-likeness (QED) is 0.660. The fraction of sp³-hybridized carbons (Fsp3) is 0.250. The molecule has 0 saturated heterocycles. The molecule has 0 amide bonds. The van der Waals surface area contributed by atoms with E-state index in [2.05, 4.69) is 4.98 Å². The Morgan fingerprint density at radius 1 is 1.26 bits per heavy atom. The summed E-state index contributed by atoms with van der Waals surface area (Å²) in [7, 11) is 0. The highest BCUT2D eigenvalue weighted by Crippen LogP contribution is 2.23. The van der Waals surface area contributed by atoms with Gasteiger partial charge in [0.25, 0.3) is 0 Å².